The van der Waals surface area contributed by atoms with Gasteiger partial charge in [-0.2, -0.15) is 0 Å². The summed E-state index contributed by atoms with van der Waals surface area (Å²) in [4.78, 5) is 11.6. The fourth-order valence-electron chi connectivity index (χ4n) is 3.81. The molecule has 3 nitrogen and oxygen atoms in total. The first-order valence-corrected chi connectivity index (χ1v) is 6.71. The molecule has 0 saturated heterocycles. The second kappa shape index (κ2) is 4.04. The molecule has 0 aromatic rings. The van der Waals surface area contributed by atoms with Crippen LogP contribution in [0, 0.1) is 16.7 Å². The van der Waals surface area contributed by atoms with Crippen LogP contribution < -0.4 is 0 Å². The fourth-order valence-corrected chi connectivity index (χ4v) is 3.88. The number of hydrogen-bond acceptors (Lipinski definition) is 3. The predicted molar refractivity (Wildman–Crippen MR) is 65.9 cm³/mol. The molecular weight excluding hydrogens is 240 g/mol. The Bertz CT molecular complexity index is 322. The van der Waals surface area contributed by atoms with Gasteiger partial charge in [0.2, 0.25) is 0 Å². The van der Waals surface area contributed by atoms with Gasteiger partial charge in [-0.15, -0.1) is 0 Å². The number of fused-ring (bicyclic) bond motifs is 2. The molecule has 0 radical (unpaired) electrons. The number of rotatable bonds is 2. The normalized spacial score (nSPS) is 40.1. The van der Waals surface area contributed by atoms with Crippen molar-refractivity contribution < 1.29 is 14.3 Å². The van der Waals surface area contributed by atoms with E-state index in [4.69, 9.17) is 21.1 Å². The van der Waals surface area contributed by atoms with Gasteiger partial charge in [0, 0.05) is 10.8 Å². The maximum atomic E-state index is 11.6. The van der Waals surface area contributed by atoms with Gasteiger partial charge in [0.05, 0.1) is 0 Å². The molecule has 0 aromatic carbocycles. The Morgan fingerprint density at radius 2 is 2.06 bits per heavy atom. The first-order valence-electron chi connectivity index (χ1n) is 6.27. The van der Waals surface area contributed by atoms with Crippen LogP contribution >= 0.6 is 11.6 Å². The number of ether oxygens (including phenoxy) is 2. The molecule has 0 aliphatic heterocycles. The van der Waals surface area contributed by atoms with Crippen LogP contribution in [-0.4, -0.2) is 17.8 Å². The zero-order valence-electron chi connectivity index (χ0n) is 11.0. The lowest BCUT2D eigenvalue weighted by Gasteiger charge is -2.41. The zero-order valence-corrected chi connectivity index (χ0v) is 11.7. The second-order valence-corrected chi connectivity index (χ2v) is 6.94. The van der Waals surface area contributed by atoms with Gasteiger partial charge in [-0.05, 0) is 32.1 Å². The van der Waals surface area contributed by atoms with Crippen molar-refractivity contribution in [2.45, 2.75) is 58.6 Å². The largest absolute Gasteiger partial charge is 0.510 e. The molecule has 4 atom stereocenters. The minimum Gasteiger partial charge on any atom is -0.430 e. The van der Waals surface area contributed by atoms with Gasteiger partial charge in [-0.1, -0.05) is 32.4 Å². The Morgan fingerprint density at radius 3 is 2.53 bits per heavy atom. The van der Waals surface area contributed by atoms with Crippen molar-refractivity contribution in [1.82, 2.24) is 0 Å². The fraction of sp³-hybridized carbons (Fsp3) is 0.923. The summed E-state index contributed by atoms with van der Waals surface area (Å²) in [6.45, 7) is 8.19. The van der Waals surface area contributed by atoms with E-state index in [1.54, 1.807) is 6.92 Å². The molecule has 2 aliphatic carbocycles. The van der Waals surface area contributed by atoms with Crippen LogP contribution in [-0.2, 0) is 9.47 Å². The van der Waals surface area contributed by atoms with Crippen molar-refractivity contribution in [3.63, 3.8) is 0 Å². The molecule has 98 valence electrons. The Labute approximate surface area is 108 Å². The third-order valence-electron chi connectivity index (χ3n) is 4.61. The third kappa shape index (κ3) is 2.14. The summed E-state index contributed by atoms with van der Waals surface area (Å²) >= 11 is 5.62. The van der Waals surface area contributed by atoms with Crippen molar-refractivity contribution in [3.8, 4) is 0 Å². The molecule has 0 spiro atoms. The molecule has 0 N–H and O–H groups in total. The molecular formula is C13H21ClO3. The smallest absolute Gasteiger partial charge is 0.430 e. The number of alkyl halides is 1. The zero-order chi connectivity index (χ0) is 12.8. The second-order valence-electron chi connectivity index (χ2n) is 6.32. The van der Waals surface area contributed by atoms with E-state index in [1.165, 1.54) is 6.42 Å². The summed E-state index contributed by atoms with van der Waals surface area (Å²) in [5.41, 5.74) is -0.485. The van der Waals surface area contributed by atoms with Crippen molar-refractivity contribution in [2.75, 3.05) is 0 Å². The van der Waals surface area contributed by atoms with E-state index in [0.29, 0.717) is 5.92 Å². The molecule has 0 aromatic heterocycles. The van der Waals surface area contributed by atoms with Gasteiger partial charge in [0.15, 0.2) is 5.56 Å². The molecule has 2 saturated carbocycles. The molecule has 1 unspecified atom stereocenters. The van der Waals surface area contributed by atoms with Gasteiger partial charge >= 0.3 is 6.16 Å². The van der Waals surface area contributed by atoms with E-state index in [1.807, 2.05) is 0 Å². The minimum absolute atomic E-state index is 0.0432. The molecule has 17 heavy (non-hydrogen) atoms. The molecule has 2 fully saturated rings. The molecule has 2 aliphatic rings. The Balaban J connectivity index is 2.07. The Morgan fingerprint density at radius 1 is 1.41 bits per heavy atom. The van der Waals surface area contributed by atoms with Crippen molar-refractivity contribution >= 4 is 17.8 Å². The van der Waals surface area contributed by atoms with Gasteiger partial charge in [0.1, 0.15) is 6.10 Å². The van der Waals surface area contributed by atoms with Gasteiger partial charge in [0.25, 0.3) is 0 Å². The van der Waals surface area contributed by atoms with Crippen molar-refractivity contribution in [2.24, 2.45) is 16.7 Å². The molecule has 2 bridgehead atoms. The van der Waals surface area contributed by atoms with E-state index in [2.05, 4.69) is 20.8 Å². The third-order valence-corrected chi connectivity index (χ3v) is 4.70. The molecule has 4 heteroatoms. The summed E-state index contributed by atoms with van der Waals surface area (Å²) in [6.07, 6.45) is 2.82. The standard InChI is InChI=1S/C13H21ClO3/c1-8(14)16-11(15)17-10-12(2,3)9-5-6-13(10,4)7-9/h8-10H,5-7H2,1-4H3/t8?,9-,10-,13+/m0/s1. The van der Waals surface area contributed by atoms with Gasteiger partial charge < -0.3 is 9.47 Å². The summed E-state index contributed by atoms with van der Waals surface area (Å²) < 4.78 is 10.4. The highest BCUT2D eigenvalue weighted by Gasteiger charge is 2.61. The predicted octanol–water partition coefficient (Wildman–Crippen LogP) is 3.94. The lowest BCUT2D eigenvalue weighted by molar-refractivity contribution is -0.0746. The van der Waals surface area contributed by atoms with E-state index in [0.717, 1.165) is 12.8 Å². The van der Waals surface area contributed by atoms with Crippen LogP contribution in [0.5, 0.6) is 0 Å². The van der Waals surface area contributed by atoms with Crippen LogP contribution in [0.25, 0.3) is 0 Å². The summed E-state index contributed by atoms with van der Waals surface area (Å²) in [7, 11) is 0. The molecule has 2 rings (SSSR count). The monoisotopic (exact) mass is 260 g/mol. The Kier molecular flexibility index (Phi) is 3.09. The van der Waals surface area contributed by atoms with Crippen molar-refractivity contribution in [1.29, 1.82) is 0 Å². The summed E-state index contributed by atoms with van der Waals surface area (Å²) in [5, 5.41) is 0. The number of carbonyl (C=O) groups is 1. The van der Waals surface area contributed by atoms with E-state index in [-0.39, 0.29) is 16.9 Å². The van der Waals surface area contributed by atoms with E-state index >= 15 is 0 Å². The summed E-state index contributed by atoms with van der Waals surface area (Å²) in [5.74, 6) is 0.652. The molecule has 0 amide bonds. The maximum Gasteiger partial charge on any atom is 0.510 e. The highest BCUT2D eigenvalue weighted by Crippen LogP contribution is 2.63. The minimum atomic E-state index is -0.642. The number of carbonyl (C=O) groups excluding carboxylic acids is 1. The highest BCUT2D eigenvalue weighted by molar-refractivity contribution is 6.19. The topological polar surface area (TPSA) is 35.5 Å². The van der Waals surface area contributed by atoms with E-state index < -0.39 is 11.7 Å². The average molecular weight is 261 g/mol. The van der Waals surface area contributed by atoms with Crippen LogP contribution in [0.4, 0.5) is 4.79 Å². The lowest BCUT2D eigenvalue weighted by Crippen LogP contribution is -2.43. The summed E-state index contributed by atoms with van der Waals surface area (Å²) in [6, 6.07) is 0. The maximum absolute atomic E-state index is 11.6. The average Bonchev–Trinajstić information content (AvgIpc) is 2.63. The van der Waals surface area contributed by atoms with Crippen molar-refractivity contribution in [3.05, 3.63) is 0 Å². The number of hydrogen-bond donors (Lipinski definition) is 0. The van der Waals surface area contributed by atoms with Crippen LogP contribution in [0.3, 0.4) is 0 Å². The Hall–Kier alpha value is -0.440. The SMILES string of the molecule is CC(Cl)OC(=O)O[C@H]1C(C)(C)[C@H]2CC[C@]1(C)C2. The van der Waals surface area contributed by atoms with Crippen LogP contribution in [0.2, 0.25) is 0 Å². The first kappa shape index (κ1) is 13.0. The van der Waals surface area contributed by atoms with E-state index in [9.17, 15) is 4.79 Å². The molecule has 0 heterocycles. The van der Waals surface area contributed by atoms with Crippen LogP contribution in [0.1, 0.15) is 47.0 Å². The highest BCUT2D eigenvalue weighted by atomic mass is 35.5. The van der Waals surface area contributed by atoms with Gasteiger partial charge in [-0.3, -0.25) is 0 Å². The lowest BCUT2D eigenvalue weighted by atomic mass is 9.70. The van der Waals surface area contributed by atoms with Crippen LogP contribution in [0.15, 0.2) is 0 Å². The quantitative estimate of drug-likeness (QED) is 0.557. The first-order chi connectivity index (χ1) is 7.75. The van der Waals surface area contributed by atoms with Gasteiger partial charge in [-0.25, -0.2) is 4.79 Å². The number of halogens is 1.